The summed E-state index contributed by atoms with van der Waals surface area (Å²) in [6, 6.07) is 14.5. The molecular formula is C15H13BN2O2. The minimum Gasteiger partial charge on any atom is -0.427 e. The van der Waals surface area contributed by atoms with E-state index in [9.17, 15) is 9.82 Å². The number of fused-ring (bicyclic) bond motifs is 1. The summed E-state index contributed by atoms with van der Waals surface area (Å²) in [6.45, 7) is 1.96. The predicted octanol–water partition coefficient (Wildman–Crippen LogP) is 1.17. The highest BCUT2D eigenvalue weighted by Gasteiger charge is 2.33. The molecule has 1 aliphatic rings. The molecular weight excluding hydrogens is 251 g/mol. The molecule has 1 amide bonds. The number of carbonyl (C=O) groups is 1. The van der Waals surface area contributed by atoms with E-state index in [1.54, 1.807) is 24.4 Å². The Kier molecular flexibility index (Phi) is 3.12. The van der Waals surface area contributed by atoms with E-state index >= 15 is 0 Å². The molecule has 1 heterocycles. The van der Waals surface area contributed by atoms with Crippen LogP contribution in [0.5, 0.6) is 0 Å². The number of nitrogens with zero attached hydrogens (tertiary/aromatic N) is 2. The second kappa shape index (κ2) is 4.94. The number of hydrogen-bond donors (Lipinski definition) is 1. The maximum absolute atomic E-state index is 12.4. The molecule has 0 saturated heterocycles. The van der Waals surface area contributed by atoms with E-state index in [4.69, 9.17) is 0 Å². The Hall–Kier alpha value is -2.40. The van der Waals surface area contributed by atoms with Crippen molar-refractivity contribution >= 4 is 24.6 Å². The normalized spacial score (nSPS) is 13.3. The lowest BCUT2D eigenvalue weighted by atomic mass is 9.69. The predicted molar refractivity (Wildman–Crippen MR) is 79.0 cm³/mol. The number of carbonyl (C=O) groups excluding carboxylic acids is 1. The Labute approximate surface area is 117 Å². The smallest absolute Gasteiger partial charge is 0.427 e. The van der Waals surface area contributed by atoms with Gasteiger partial charge in [0.05, 0.1) is 6.21 Å². The van der Waals surface area contributed by atoms with Crippen molar-refractivity contribution in [3.63, 3.8) is 0 Å². The van der Waals surface area contributed by atoms with Crippen LogP contribution in [0.15, 0.2) is 53.6 Å². The molecule has 3 rings (SSSR count). The fraction of sp³-hybridized carbons (Fsp3) is 0.0667. The molecule has 2 aromatic rings. The van der Waals surface area contributed by atoms with E-state index in [1.165, 1.54) is 0 Å². The van der Waals surface area contributed by atoms with Gasteiger partial charge < -0.3 is 5.02 Å². The van der Waals surface area contributed by atoms with Gasteiger partial charge in [-0.15, -0.1) is 0 Å². The highest BCUT2D eigenvalue weighted by Crippen LogP contribution is 2.12. The van der Waals surface area contributed by atoms with Crippen molar-refractivity contribution in [2.45, 2.75) is 6.92 Å². The summed E-state index contributed by atoms with van der Waals surface area (Å²) >= 11 is 0. The second-order valence-electron chi connectivity index (χ2n) is 4.76. The zero-order valence-electron chi connectivity index (χ0n) is 11.0. The van der Waals surface area contributed by atoms with Crippen LogP contribution < -0.4 is 5.46 Å². The number of hydrogen-bond acceptors (Lipinski definition) is 3. The molecule has 1 aliphatic heterocycles. The molecule has 0 saturated carbocycles. The second-order valence-corrected chi connectivity index (χ2v) is 4.76. The quantitative estimate of drug-likeness (QED) is 0.786. The summed E-state index contributed by atoms with van der Waals surface area (Å²) < 4.78 is 0. The molecule has 0 atom stereocenters. The van der Waals surface area contributed by atoms with Crippen molar-refractivity contribution in [1.82, 2.24) is 4.92 Å². The average Bonchev–Trinajstić information content (AvgIpc) is 2.48. The molecule has 0 radical (unpaired) electrons. The number of rotatable bonds is 1. The lowest BCUT2D eigenvalue weighted by molar-refractivity contribution is 0.0846. The van der Waals surface area contributed by atoms with Gasteiger partial charge >= 0.3 is 7.05 Å². The third-order valence-corrected chi connectivity index (χ3v) is 3.33. The van der Waals surface area contributed by atoms with E-state index in [2.05, 4.69) is 5.10 Å². The molecule has 4 nitrogen and oxygen atoms in total. The Morgan fingerprint density at radius 3 is 2.60 bits per heavy atom. The van der Waals surface area contributed by atoms with Crippen LogP contribution >= 0.6 is 0 Å². The Balaban J connectivity index is 1.93. The first kappa shape index (κ1) is 12.6. The minimum atomic E-state index is -1.05. The third-order valence-electron chi connectivity index (χ3n) is 3.33. The fourth-order valence-corrected chi connectivity index (χ4v) is 2.17. The molecule has 1 N–H and O–H groups in total. The van der Waals surface area contributed by atoms with Crippen LogP contribution in [0.1, 0.15) is 21.5 Å². The van der Waals surface area contributed by atoms with Gasteiger partial charge in [-0.1, -0.05) is 42.0 Å². The van der Waals surface area contributed by atoms with Gasteiger partial charge in [-0.2, -0.15) is 5.10 Å². The fourth-order valence-electron chi connectivity index (χ4n) is 2.17. The molecule has 0 aromatic heterocycles. The van der Waals surface area contributed by atoms with E-state index < -0.39 is 7.05 Å². The first-order chi connectivity index (χ1) is 9.66. The van der Waals surface area contributed by atoms with Crippen molar-refractivity contribution in [1.29, 1.82) is 0 Å². The van der Waals surface area contributed by atoms with Gasteiger partial charge in [0.1, 0.15) is 0 Å². The Morgan fingerprint density at radius 1 is 1.15 bits per heavy atom. The maximum atomic E-state index is 12.4. The molecule has 0 aliphatic carbocycles. The minimum absolute atomic E-state index is 0.316. The first-order valence-corrected chi connectivity index (χ1v) is 6.38. The van der Waals surface area contributed by atoms with Crippen molar-refractivity contribution in [2.75, 3.05) is 0 Å². The topological polar surface area (TPSA) is 52.9 Å². The number of hydrazone groups is 1. The van der Waals surface area contributed by atoms with Gasteiger partial charge in [0.2, 0.25) is 0 Å². The van der Waals surface area contributed by atoms with Crippen molar-refractivity contribution in [3.8, 4) is 0 Å². The summed E-state index contributed by atoms with van der Waals surface area (Å²) in [4.78, 5) is 13.5. The van der Waals surface area contributed by atoms with Crippen LogP contribution in [-0.2, 0) is 0 Å². The summed E-state index contributed by atoms with van der Waals surface area (Å²) in [6.07, 6.45) is 1.59. The van der Waals surface area contributed by atoms with Gasteiger partial charge in [-0.3, -0.25) is 4.79 Å². The largest absolute Gasteiger partial charge is 0.474 e. The summed E-state index contributed by atoms with van der Waals surface area (Å²) in [5.74, 6) is -0.316. The highest BCUT2D eigenvalue weighted by atomic mass is 16.2. The van der Waals surface area contributed by atoms with E-state index in [0.29, 0.717) is 11.0 Å². The standard InChI is InChI=1S/C15H13BN2O2/c1-11-6-8-12(9-7-11)15(19)18-16(20)14-5-3-2-4-13(14)10-17-18/h2-10,20H,1H3. The van der Waals surface area contributed by atoms with E-state index in [1.807, 2.05) is 37.3 Å². The zero-order valence-corrected chi connectivity index (χ0v) is 11.0. The SMILES string of the molecule is Cc1ccc(C(=O)N2N=Cc3ccccc3B2O)cc1. The van der Waals surface area contributed by atoms with Gasteiger partial charge in [-0.05, 0) is 30.1 Å². The van der Waals surface area contributed by atoms with Crippen molar-refractivity contribution < 1.29 is 9.82 Å². The summed E-state index contributed by atoms with van der Waals surface area (Å²) in [5.41, 5.74) is 3.09. The molecule has 0 fully saturated rings. The molecule has 5 heteroatoms. The van der Waals surface area contributed by atoms with Gasteiger partial charge in [-0.25, -0.2) is 4.92 Å². The molecule has 20 heavy (non-hydrogen) atoms. The monoisotopic (exact) mass is 264 g/mol. The molecule has 98 valence electrons. The molecule has 0 spiro atoms. The number of amides is 1. The van der Waals surface area contributed by atoms with E-state index in [0.717, 1.165) is 16.0 Å². The summed E-state index contributed by atoms with van der Waals surface area (Å²) in [5, 5.41) is 14.4. The Bertz CT molecular complexity index is 683. The van der Waals surface area contributed by atoms with Crippen LogP contribution in [-0.4, -0.2) is 29.1 Å². The van der Waals surface area contributed by atoms with Crippen molar-refractivity contribution in [3.05, 3.63) is 65.2 Å². The number of benzene rings is 2. The average molecular weight is 264 g/mol. The van der Waals surface area contributed by atoms with Gasteiger partial charge in [0, 0.05) is 5.56 Å². The first-order valence-electron chi connectivity index (χ1n) is 6.38. The molecule has 2 aromatic carbocycles. The van der Waals surface area contributed by atoms with E-state index in [-0.39, 0.29) is 5.91 Å². The van der Waals surface area contributed by atoms with Crippen LogP contribution in [0.4, 0.5) is 0 Å². The van der Waals surface area contributed by atoms with Crippen LogP contribution in [0.25, 0.3) is 0 Å². The maximum Gasteiger partial charge on any atom is 0.474 e. The third kappa shape index (κ3) is 2.12. The lowest BCUT2D eigenvalue weighted by Gasteiger charge is -2.24. The molecule has 0 bridgehead atoms. The van der Waals surface area contributed by atoms with Gasteiger partial charge in [0.15, 0.2) is 0 Å². The lowest BCUT2D eigenvalue weighted by Crippen LogP contribution is -2.52. The van der Waals surface area contributed by atoms with Crippen LogP contribution in [0, 0.1) is 6.92 Å². The van der Waals surface area contributed by atoms with Gasteiger partial charge in [0.25, 0.3) is 5.91 Å². The number of aryl methyl sites for hydroxylation is 1. The van der Waals surface area contributed by atoms with Crippen LogP contribution in [0.2, 0.25) is 0 Å². The van der Waals surface area contributed by atoms with Crippen LogP contribution in [0.3, 0.4) is 0 Å². The zero-order chi connectivity index (χ0) is 14.1. The molecule has 0 unspecified atom stereocenters. The summed E-state index contributed by atoms with van der Waals surface area (Å²) in [7, 11) is -1.05. The highest BCUT2D eigenvalue weighted by molar-refractivity contribution is 6.68. The Morgan fingerprint density at radius 2 is 1.85 bits per heavy atom. The van der Waals surface area contributed by atoms with Crippen molar-refractivity contribution in [2.24, 2.45) is 5.10 Å².